The fourth-order valence-electron chi connectivity index (χ4n) is 4.09. The van der Waals surface area contributed by atoms with E-state index in [9.17, 15) is 9.90 Å². The number of allylic oxidation sites excluding steroid dienone is 4. The van der Waals surface area contributed by atoms with E-state index < -0.39 is 6.23 Å². The molecule has 3 aliphatic rings. The van der Waals surface area contributed by atoms with Crippen molar-refractivity contribution in [1.82, 2.24) is 5.32 Å². The lowest BCUT2D eigenvalue weighted by Gasteiger charge is -2.14. The first-order valence-corrected chi connectivity index (χ1v) is 11.6. The van der Waals surface area contributed by atoms with E-state index in [4.69, 9.17) is 5.41 Å². The quantitative estimate of drug-likeness (QED) is 0.409. The molecular weight excluding hydrogens is 396 g/mol. The Labute approximate surface area is 183 Å². The number of aliphatic hydroxyl groups is 1. The van der Waals surface area contributed by atoms with Gasteiger partial charge in [-0.1, -0.05) is 32.6 Å². The van der Waals surface area contributed by atoms with Crippen LogP contribution >= 0.6 is 11.8 Å². The van der Waals surface area contributed by atoms with Crippen molar-refractivity contribution < 1.29 is 9.90 Å². The minimum Gasteiger partial charge on any atom is -0.369 e. The average molecular weight is 429 g/mol. The van der Waals surface area contributed by atoms with Crippen molar-refractivity contribution in [3.05, 3.63) is 33.9 Å². The second kappa shape index (κ2) is 10.9. The Morgan fingerprint density at radius 3 is 3.00 bits per heavy atom. The van der Waals surface area contributed by atoms with Crippen LogP contribution in [0.4, 0.5) is 4.79 Å². The lowest BCUT2D eigenvalue weighted by molar-refractivity contribution is 0.191. The summed E-state index contributed by atoms with van der Waals surface area (Å²) in [6.07, 6.45) is 14.2. The minimum absolute atomic E-state index is 0.242. The van der Waals surface area contributed by atoms with Crippen LogP contribution in [0.25, 0.3) is 0 Å². The molecule has 0 spiro atoms. The molecule has 0 aromatic heterocycles. The van der Waals surface area contributed by atoms with Crippen LogP contribution in [0.5, 0.6) is 0 Å². The molecule has 3 unspecified atom stereocenters. The number of nitrogens with one attached hydrogen (secondary N) is 2. The van der Waals surface area contributed by atoms with E-state index in [0.717, 1.165) is 46.5 Å². The molecule has 3 rings (SSSR count). The molecule has 0 bridgehead atoms. The molecule has 30 heavy (non-hydrogen) atoms. The maximum Gasteiger partial charge on any atom is 0.285 e. The second-order valence-corrected chi connectivity index (χ2v) is 9.65. The Morgan fingerprint density at radius 2 is 2.23 bits per heavy atom. The fraction of sp³-hybridized carbons (Fsp3) is 0.565. The predicted octanol–water partition coefficient (Wildman–Crippen LogP) is 5.02. The SMILES string of the molecule is CC(C=NCC(=N)CC1CCCC(C)CC1)=C1C=NC=C(/C=C2/SC(=O)NC2O)C1. The van der Waals surface area contributed by atoms with Gasteiger partial charge in [-0.25, -0.2) is 0 Å². The Kier molecular flexibility index (Phi) is 8.22. The van der Waals surface area contributed by atoms with Gasteiger partial charge in [-0.05, 0) is 66.2 Å². The molecule has 2 fully saturated rings. The van der Waals surface area contributed by atoms with Gasteiger partial charge in [0, 0.05) is 35.7 Å². The predicted molar refractivity (Wildman–Crippen MR) is 126 cm³/mol. The molecule has 2 heterocycles. The maximum absolute atomic E-state index is 11.4. The topological polar surface area (TPSA) is 97.9 Å². The number of hydrogen-bond donors (Lipinski definition) is 3. The molecular formula is C23H32N4O2S. The molecule has 6 nitrogen and oxygen atoms in total. The van der Waals surface area contributed by atoms with Crippen molar-refractivity contribution in [2.75, 3.05) is 6.54 Å². The summed E-state index contributed by atoms with van der Waals surface area (Å²) in [5.41, 5.74) is 3.73. The summed E-state index contributed by atoms with van der Waals surface area (Å²) in [7, 11) is 0. The molecule has 1 aliphatic carbocycles. The summed E-state index contributed by atoms with van der Waals surface area (Å²) in [6.45, 7) is 4.80. The van der Waals surface area contributed by atoms with Gasteiger partial charge in [0.25, 0.3) is 5.24 Å². The van der Waals surface area contributed by atoms with Crippen LogP contribution in [0.15, 0.2) is 43.9 Å². The summed E-state index contributed by atoms with van der Waals surface area (Å²) in [5, 5.41) is 20.3. The number of amides is 1. The average Bonchev–Trinajstić information content (AvgIpc) is 2.88. The Balaban J connectivity index is 1.51. The third-order valence-electron chi connectivity index (χ3n) is 5.91. The number of thioether (sulfide) groups is 1. The van der Waals surface area contributed by atoms with E-state index in [0.29, 0.717) is 23.8 Å². The highest BCUT2D eigenvalue weighted by molar-refractivity contribution is 8.17. The summed E-state index contributed by atoms with van der Waals surface area (Å²) < 4.78 is 0. The number of hydrogen-bond acceptors (Lipinski definition) is 6. The van der Waals surface area contributed by atoms with E-state index in [1.165, 1.54) is 32.1 Å². The van der Waals surface area contributed by atoms with Gasteiger partial charge >= 0.3 is 0 Å². The highest BCUT2D eigenvalue weighted by Gasteiger charge is 2.25. The van der Waals surface area contributed by atoms with Gasteiger partial charge in [-0.3, -0.25) is 14.8 Å². The number of aliphatic imine (C=N–C) groups is 2. The van der Waals surface area contributed by atoms with E-state index in [2.05, 4.69) is 22.2 Å². The fourth-order valence-corrected chi connectivity index (χ4v) is 4.85. The highest BCUT2D eigenvalue weighted by atomic mass is 32.2. The zero-order valence-corrected chi connectivity index (χ0v) is 18.7. The molecule has 1 amide bonds. The first-order valence-electron chi connectivity index (χ1n) is 10.8. The van der Waals surface area contributed by atoms with E-state index in [-0.39, 0.29) is 5.24 Å². The monoisotopic (exact) mass is 428 g/mol. The summed E-state index contributed by atoms with van der Waals surface area (Å²) in [6, 6.07) is 0. The molecule has 1 saturated carbocycles. The van der Waals surface area contributed by atoms with Crippen LogP contribution in [-0.2, 0) is 0 Å². The zero-order valence-electron chi connectivity index (χ0n) is 17.9. The molecule has 0 radical (unpaired) electrons. The number of carbonyl (C=O) groups excluding carboxylic acids is 1. The van der Waals surface area contributed by atoms with E-state index in [1.807, 2.05) is 25.4 Å². The van der Waals surface area contributed by atoms with Gasteiger partial charge in [-0.2, -0.15) is 0 Å². The largest absolute Gasteiger partial charge is 0.369 e. The van der Waals surface area contributed by atoms with Gasteiger partial charge in [0.05, 0.1) is 6.54 Å². The molecule has 3 N–H and O–H groups in total. The van der Waals surface area contributed by atoms with Crippen LogP contribution in [0.1, 0.15) is 58.8 Å². The highest BCUT2D eigenvalue weighted by Crippen LogP contribution is 2.30. The van der Waals surface area contributed by atoms with Crippen LogP contribution in [0, 0.1) is 17.2 Å². The molecule has 2 aliphatic heterocycles. The molecule has 0 aromatic carbocycles. The Bertz CT molecular complexity index is 825. The number of aliphatic hydroxyl groups excluding tert-OH is 1. The minimum atomic E-state index is -0.938. The van der Waals surface area contributed by atoms with Gasteiger partial charge in [0.15, 0.2) is 6.23 Å². The second-order valence-electron chi connectivity index (χ2n) is 8.61. The van der Waals surface area contributed by atoms with Crippen molar-refractivity contribution >= 4 is 35.1 Å². The number of rotatable bonds is 6. The zero-order chi connectivity index (χ0) is 21.5. The first kappa shape index (κ1) is 22.7. The summed E-state index contributed by atoms with van der Waals surface area (Å²) >= 11 is 1.01. The van der Waals surface area contributed by atoms with Gasteiger partial charge < -0.3 is 15.8 Å². The molecule has 3 atom stereocenters. The third-order valence-corrected chi connectivity index (χ3v) is 6.79. The molecule has 162 valence electrons. The molecule has 0 aromatic rings. The standard InChI is InChI=1S/C23H32N4O2S/c1-15-4-3-5-17(7-6-15)9-20(24)14-25-11-16(2)19-8-18(12-26-13-19)10-21-22(28)27-23(29)30-21/h10-13,15,17,22,24,28H,3-9,14H2,1-2H3,(H,27,29)/b19-16?,21-10+,24-20?,25-11?. The van der Waals surface area contributed by atoms with Gasteiger partial charge in [0.1, 0.15) is 0 Å². The summed E-state index contributed by atoms with van der Waals surface area (Å²) in [5.74, 6) is 1.48. The third kappa shape index (κ3) is 6.77. The summed E-state index contributed by atoms with van der Waals surface area (Å²) in [4.78, 5) is 20.8. The van der Waals surface area contributed by atoms with Crippen LogP contribution < -0.4 is 5.32 Å². The van der Waals surface area contributed by atoms with Crippen molar-refractivity contribution in [2.45, 2.75) is 65.0 Å². The smallest absolute Gasteiger partial charge is 0.285 e. The lowest BCUT2D eigenvalue weighted by Crippen LogP contribution is -2.24. The van der Waals surface area contributed by atoms with E-state index in [1.54, 1.807) is 6.20 Å². The normalized spacial score (nSPS) is 30.4. The number of nitrogens with zero attached hydrogens (tertiary/aromatic N) is 2. The molecule has 1 saturated heterocycles. The van der Waals surface area contributed by atoms with E-state index >= 15 is 0 Å². The van der Waals surface area contributed by atoms with Gasteiger partial charge in [0.2, 0.25) is 0 Å². The van der Waals surface area contributed by atoms with Crippen LogP contribution in [-0.4, -0.2) is 41.3 Å². The Hall–Kier alpha value is -1.99. The van der Waals surface area contributed by atoms with Crippen LogP contribution in [0.2, 0.25) is 0 Å². The number of carbonyl (C=O) groups is 1. The van der Waals surface area contributed by atoms with Crippen molar-refractivity contribution in [3.63, 3.8) is 0 Å². The van der Waals surface area contributed by atoms with Crippen LogP contribution in [0.3, 0.4) is 0 Å². The van der Waals surface area contributed by atoms with Crippen molar-refractivity contribution in [1.29, 1.82) is 5.41 Å². The first-order chi connectivity index (χ1) is 14.4. The van der Waals surface area contributed by atoms with Crippen molar-refractivity contribution in [3.8, 4) is 0 Å². The van der Waals surface area contributed by atoms with Gasteiger partial charge in [-0.15, -0.1) is 0 Å². The maximum atomic E-state index is 11.4. The molecule has 7 heteroatoms. The Morgan fingerprint density at radius 1 is 1.40 bits per heavy atom. The lowest BCUT2D eigenvalue weighted by atomic mass is 9.93. The van der Waals surface area contributed by atoms with Crippen molar-refractivity contribution in [2.24, 2.45) is 21.8 Å².